The third-order valence-corrected chi connectivity index (χ3v) is 4.57. The molecule has 116 valence electrons. The highest BCUT2D eigenvalue weighted by atomic mass is 16.1. The largest absolute Gasteiger partial charge is 0.342 e. The molecule has 2 unspecified atom stereocenters. The highest BCUT2D eigenvalue weighted by molar-refractivity contribution is 5.82. The molecular formula is C17H22N4O. The van der Waals surface area contributed by atoms with Gasteiger partial charge in [-0.2, -0.15) is 0 Å². The first-order valence-corrected chi connectivity index (χ1v) is 7.49. The van der Waals surface area contributed by atoms with Crippen LogP contribution in [-0.4, -0.2) is 33.3 Å². The molecule has 22 heavy (non-hydrogen) atoms. The second kappa shape index (κ2) is 4.95. The van der Waals surface area contributed by atoms with E-state index in [0.29, 0.717) is 5.57 Å². The number of aryl methyl sites for hydroxylation is 1. The number of hydrogen-bond acceptors (Lipinski definition) is 4. The van der Waals surface area contributed by atoms with E-state index in [9.17, 15) is 4.79 Å². The minimum atomic E-state index is -0.206. The number of nitrogens with zero attached hydrogens (tertiary/aromatic N) is 3. The highest BCUT2D eigenvalue weighted by Gasteiger charge is 2.41. The monoisotopic (exact) mass is 298 g/mol. The van der Waals surface area contributed by atoms with Crippen LogP contribution < -0.4 is 5.73 Å². The summed E-state index contributed by atoms with van der Waals surface area (Å²) in [4.78, 5) is 18.1. The number of nitrogens with two attached hydrogens (primary N) is 1. The number of rotatable bonds is 3. The fourth-order valence-electron chi connectivity index (χ4n) is 3.59. The summed E-state index contributed by atoms with van der Waals surface area (Å²) in [5.41, 5.74) is 9.70. The number of allylic oxidation sites excluding steroid dienone is 3. The summed E-state index contributed by atoms with van der Waals surface area (Å²) in [6.45, 7) is 6.88. The minimum Gasteiger partial charge on any atom is -0.342 e. The van der Waals surface area contributed by atoms with Crippen molar-refractivity contribution in [1.82, 2.24) is 14.5 Å². The first kappa shape index (κ1) is 14.8. The first-order chi connectivity index (χ1) is 10.4. The fourth-order valence-corrected chi connectivity index (χ4v) is 3.59. The Morgan fingerprint density at radius 2 is 2.23 bits per heavy atom. The maximum Gasteiger partial charge on any atom is 0.150 e. The lowest BCUT2D eigenvalue weighted by Crippen LogP contribution is -2.38. The highest BCUT2D eigenvalue weighted by Crippen LogP contribution is 2.41. The van der Waals surface area contributed by atoms with Gasteiger partial charge in [0.1, 0.15) is 12.1 Å². The van der Waals surface area contributed by atoms with Crippen LogP contribution in [0.15, 0.2) is 47.1 Å². The Hall–Kier alpha value is -2.14. The van der Waals surface area contributed by atoms with Gasteiger partial charge in [0.25, 0.3) is 0 Å². The third kappa shape index (κ3) is 2.04. The molecular weight excluding hydrogens is 276 g/mol. The van der Waals surface area contributed by atoms with E-state index in [1.54, 1.807) is 0 Å². The smallest absolute Gasteiger partial charge is 0.150 e. The van der Waals surface area contributed by atoms with Crippen LogP contribution in [-0.2, 0) is 17.3 Å². The number of imidazole rings is 1. The molecule has 0 amide bonds. The van der Waals surface area contributed by atoms with E-state index in [2.05, 4.69) is 22.9 Å². The minimum absolute atomic E-state index is 0.129. The van der Waals surface area contributed by atoms with Crippen LogP contribution in [0.2, 0.25) is 0 Å². The second-order valence-corrected chi connectivity index (χ2v) is 6.45. The predicted octanol–water partition coefficient (Wildman–Crippen LogP) is 1.64. The van der Waals surface area contributed by atoms with Gasteiger partial charge in [-0.3, -0.25) is 4.79 Å². The summed E-state index contributed by atoms with van der Waals surface area (Å²) in [6.07, 6.45) is 8.82. The number of fused-ring (bicyclic) bond motifs is 1. The van der Waals surface area contributed by atoms with E-state index >= 15 is 0 Å². The topological polar surface area (TPSA) is 64.2 Å². The quantitative estimate of drug-likeness (QED) is 0.862. The zero-order valence-corrected chi connectivity index (χ0v) is 13.5. The summed E-state index contributed by atoms with van der Waals surface area (Å²) >= 11 is 0. The molecule has 2 aliphatic rings. The van der Waals surface area contributed by atoms with Crippen LogP contribution >= 0.6 is 0 Å². The molecule has 5 heteroatoms. The average molecular weight is 298 g/mol. The lowest BCUT2D eigenvalue weighted by Gasteiger charge is -2.34. The molecule has 0 radical (unpaired) electrons. The Balaban J connectivity index is 2.11. The van der Waals surface area contributed by atoms with E-state index in [0.717, 1.165) is 35.6 Å². The van der Waals surface area contributed by atoms with E-state index in [1.165, 1.54) is 0 Å². The fraction of sp³-hybridized carbons (Fsp3) is 0.412. The normalized spacial score (nSPS) is 25.8. The number of carbonyl (C=O) groups is 1. The molecule has 2 atom stereocenters. The molecule has 0 aliphatic carbocycles. The van der Waals surface area contributed by atoms with Crippen molar-refractivity contribution < 1.29 is 4.79 Å². The molecule has 0 bridgehead atoms. The lowest BCUT2D eigenvalue weighted by atomic mass is 9.91. The number of aldehydes is 1. The van der Waals surface area contributed by atoms with Crippen molar-refractivity contribution in [2.45, 2.75) is 32.2 Å². The van der Waals surface area contributed by atoms with Gasteiger partial charge in [-0.15, -0.1) is 0 Å². The van der Waals surface area contributed by atoms with Gasteiger partial charge in [0.05, 0.1) is 5.41 Å². The van der Waals surface area contributed by atoms with E-state index < -0.39 is 0 Å². The molecule has 0 spiro atoms. The third-order valence-electron chi connectivity index (χ3n) is 4.57. The van der Waals surface area contributed by atoms with Crippen molar-refractivity contribution in [3.05, 3.63) is 52.9 Å². The van der Waals surface area contributed by atoms with Gasteiger partial charge in [0, 0.05) is 49.0 Å². The molecule has 0 saturated heterocycles. The molecule has 3 heterocycles. The summed E-state index contributed by atoms with van der Waals surface area (Å²) in [5.74, 6) is 1.01. The summed E-state index contributed by atoms with van der Waals surface area (Å²) in [7, 11) is 2.00. The van der Waals surface area contributed by atoms with E-state index in [-0.39, 0.29) is 11.5 Å². The number of aromatic nitrogens is 2. The van der Waals surface area contributed by atoms with Crippen LogP contribution in [0.3, 0.4) is 0 Å². The Morgan fingerprint density at radius 1 is 1.50 bits per heavy atom. The van der Waals surface area contributed by atoms with Crippen molar-refractivity contribution in [3.63, 3.8) is 0 Å². The SMILES string of the molecule is CC1=C(C(C)N)N2CC(C)(c3nccn3C)C=C2C=C1C=O. The first-order valence-electron chi connectivity index (χ1n) is 7.49. The Kier molecular flexibility index (Phi) is 3.33. The van der Waals surface area contributed by atoms with Gasteiger partial charge in [0.15, 0.2) is 0 Å². The standard InChI is InChI=1S/C17H22N4O/c1-11-13(9-22)7-14-8-17(3,16-19-5-6-20(16)4)10-21(14)15(11)12(2)18/h5-9,12H,10,18H2,1-4H3. The van der Waals surface area contributed by atoms with Crippen LogP contribution in [0.25, 0.3) is 0 Å². The molecule has 0 fully saturated rings. The summed E-state index contributed by atoms with van der Waals surface area (Å²) < 4.78 is 2.04. The Morgan fingerprint density at radius 3 is 2.77 bits per heavy atom. The number of hydrogen-bond donors (Lipinski definition) is 1. The molecule has 0 saturated carbocycles. The molecule has 1 aromatic heterocycles. The maximum atomic E-state index is 11.4. The van der Waals surface area contributed by atoms with Gasteiger partial charge in [0.2, 0.25) is 0 Å². The summed E-state index contributed by atoms with van der Waals surface area (Å²) in [6, 6.07) is -0.129. The lowest BCUT2D eigenvalue weighted by molar-refractivity contribution is -0.104. The zero-order chi connectivity index (χ0) is 16.1. The van der Waals surface area contributed by atoms with Crippen LogP contribution in [0.4, 0.5) is 0 Å². The Labute approximate surface area is 130 Å². The van der Waals surface area contributed by atoms with E-state index in [1.807, 2.05) is 43.9 Å². The van der Waals surface area contributed by atoms with Crippen LogP contribution in [0.1, 0.15) is 26.6 Å². The summed E-state index contributed by atoms with van der Waals surface area (Å²) in [5, 5.41) is 0. The van der Waals surface area contributed by atoms with Crippen molar-refractivity contribution in [2.75, 3.05) is 6.54 Å². The van der Waals surface area contributed by atoms with Crippen molar-refractivity contribution >= 4 is 6.29 Å². The van der Waals surface area contributed by atoms with Crippen LogP contribution in [0.5, 0.6) is 0 Å². The molecule has 2 aliphatic heterocycles. The molecule has 3 rings (SSSR count). The van der Waals surface area contributed by atoms with Gasteiger partial charge in [-0.1, -0.05) is 0 Å². The van der Waals surface area contributed by atoms with Crippen molar-refractivity contribution in [1.29, 1.82) is 0 Å². The van der Waals surface area contributed by atoms with Crippen molar-refractivity contribution in [3.8, 4) is 0 Å². The molecule has 2 N–H and O–H groups in total. The van der Waals surface area contributed by atoms with Gasteiger partial charge < -0.3 is 15.2 Å². The van der Waals surface area contributed by atoms with Crippen molar-refractivity contribution in [2.24, 2.45) is 12.8 Å². The van der Waals surface area contributed by atoms with E-state index in [4.69, 9.17) is 5.73 Å². The molecule has 0 aromatic carbocycles. The van der Waals surface area contributed by atoms with Gasteiger partial charge in [-0.05, 0) is 38.5 Å². The predicted molar refractivity (Wildman–Crippen MR) is 85.8 cm³/mol. The number of carbonyl (C=O) groups excluding carboxylic acids is 1. The maximum absolute atomic E-state index is 11.4. The molecule has 5 nitrogen and oxygen atoms in total. The zero-order valence-electron chi connectivity index (χ0n) is 13.5. The Bertz CT molecular complexity index is 723. The van der Waals surface area contributed by atoms with Gasteiger partial charge >= 0.3 is 0 Å². The van der Waals surface area contributed by atoms with Crippen LogP contribution in [0, 0.1) is 0 Å². The second-order valence-electron chi connectivity index (χ2n) is 6.45. The van der Waals surface area contributed by atoms with Gasteiger partial charge in [-0.25, -0.2) is 4.98 Å². The molecule has 1 aromatic rings. The average Bonchev–Trinajstić information content (AvgIpc) is 3.01.